The largest absolute Gasteiger partial charge is 0.493 e. The predicted molar refractivity (Wildman–Crippen MR) is 73.0 cm³/mol. The zero-order valence-electron chi connectivity index (χ0n) is 10.1. The van der Waals surface area contributed by atoms with E-state index in [1.165, 1.54) is 6.08 Å². The molecule has 18 heavy (non-hydrogen) atoms. The first kappa shape index (κ1) is 14.6. The summed E-state index contributed by atoms with van der Waals surface area (Å²) in [5, 5.41) is 9.68. The molecule has 0 bridgehead atoms. The molecule has 5 heteroatoms. The van der Waals surface area contributed by atoms with Gasteiger partial charge < -0.3 is 14.6 Å². The van der Waals surface area contributed by atoms with Crippen molar-refractivity contribution >= 4 is 28.0 Å². The first-order valence-corrected chi connectivity index (χ1v) is 6.66. The van der Waals surface area contributed by atoms with Crippen LogP contribution in [0.5, 0.6) is 5.75 Å². The van der Waals surface area contributed by atoms with Crippen LogP contribution in [0.4, 0.5) is 0 Å². The highest BCUT2D eigenvalue weighted by Gasteiger charge is 2.07. The predicted octanol–water partition coefficient (Wildman–Crippen LogP) is 2.92. The lowest BCUT2D eigenvalue weighted by Gasteiger charge is -2.05. The summed E-state index contributed by atoms with van der Waals surface area (Å²) in [6, 6.07) is 7.15. The third-order valence-electron chi connectivity index (χ3n) is 2.03. The smallest absolute Gasteiger partial charge is 0.371 e. The molecular formula is C13H15BrO4. The fourth-order valence-corrected chi connectivity index (χ4v) is 1.45. The third kappa shape index (κ3) is 4.79. The van der Waals surface area contributed by atoms with Gasteiger partial charge in [0.25, 0.3) is 0 Å². The summed E-state index contributed by atoms with van der Waals surface area (Å²) in [6.45, 7) is 2.66. The van der Waals surface area contributed by atoms with Gasteiger partial charge in [0, 0.05) is 5.33 Å². The van der Waals surface area contributed by atoms with Crippen molar-refractivity contribution in [3.63, 3.8) is 0 Å². The summed E-state index contributed by atoms with van der Waals surface area (Å²) >= 11 is 3.27. The lowest BCUT2D eigenvalue weighted by atomic mass is 10.2. The molecule has 0 spiro atoms. The van der Waals surface area contributed by atoms with Crippen LogP contribution in [0, 0.1) is 0 Å². The molecule has 0 fully saturated rings. The van der Waals surface area contributed by atoms with Gasteiger partial charge in [-0.05, 0) is 30.7 Å². The highest BCUT2D eigenvalue weighted by atomic mass is 79.9. The summed E-state index contributed by atoms with van der Waals surface area (Å²) in [4.78, 5) is 10.9. The minimum atomic E-state index is -1.07. The minimum Gasteiger partial charge on any atom is -0.493 e. The van der Waals surface area contributed by atoms with Crippen LogP contribution in [0.2, 0.25) is 0 Å². The average molecular weight is 315 g/mol. The standard InChI is InChI=1S/C13H15BrO4/c1-2-17-12(13(15)16)9-10-3-5-11(6-4-10)18-8-7-14/h3-6,9H,2,7-8H2,1H3,(H,15,16)/b12-9-. The van der Waals surface area contributed by atoms with Crippen molar-refractivity contribution in [2.75, 3.05) is 18.5 Å². The van der Waals surface area contributed by atoms with Crippen molar-refractivity contribution in [3.8, 4) is 5.75 Å². The molecule has 1 aromatic rings. The second-order valence-corrected chi connectivity index (χ2v) is 4.15. The number of aliphatic carboxylic acids is 1. The molecule has 0 saturated heterocycles. The Morgan fingerprint density at radius 1 is 1.39 bits per heavy atom. The Bertz CT molecular complexity index is 412. The van der Waals surface area contributed by atoms with Crippen molar-refractivity contribution in [2.24, 2.45) is 0 Å². The number of rotatable bonds is 7. The maximum Gasteiger partial charge on any atom is 0.371 e. The zero-order valence-corrected chi connectivity index (χ0v) is 11.6. The van der Waals surface area contributed by atoms with Crippen molar-refractivity contribution in [3.05, 3.63) is 35.6 Å². The SMILES string of the molecule is CCO/C(=C\c1ccc(OCCBr)cc1)C(=O)O. The lowest BCUT2D eigenvalue weighted by Crippen LogP contribution is -2.04. The van der Waals surface area contributed by atoms with E-state index in [1.807, 2.05) is 0 Å². The van der Waals surface area contributed by atoms with Crippen molar-refractivity contribution < 1.29 is 19.4 Å². The Morgan fingerprint density at radius 2 is 2.06 bits per heavy atom. The lowest BCUT2D eigenvalue weighted by molar-refractivity contribution is -0.136. The molecule has 1 aromatic carbocycles. The number of carbonyl (C=O) groups is 1. The van der Waals surface area contributed by atoms with Crippen LogP contribution >= 0.6 is 15.9 Å². The second-order valence-electron chi connectivity index (χ2n) is 3.35. The van der Waals surface area contributed by atoms with Gasteiger partial charge in [0.2, 0.25) is 5.76 Å². The molecule has 0 radical (unpaired) electrons. The van der Waals surface area contributed by atoms with Gasteiger partial charge in [0.15, 0.2) is 0 Å². The number of hydrogen-bond donors (Lipinski definition) is 1. The van der Waals surface area contributed by atoms with Crippen LogP contribution in [0.3, 0.4) is 0 Å². The highest BCUT2D eigenvalue weighted by Crippen LogP contribution is 2.15. The first-order valence-electron chi connectivity index (χ1n) is 5.54. The van der Waals surface area contributed by atoms with Crippen molar-refractivity contribution in [2.45, 2.75) is 6.92 Å². The molecule has 0 unspecified atom stereocenters. The van der Waals surface area contributed by atoms with E-state index in [0.29, 0.717) is 13.2 Å². The Balaban J connectivity index is 2.77. The third-order valence-corrected chi connectivity index (χ3v) is 2.36. The van der Waals surface area contributed by atoms with E-state index in [0.717, 1.165) is 16.6 Å². The maximum atomic E-state index is 10.9. The van der Waals surface area contributed by atoms with E-state index in [1.54, 1.807) is 31.2 Å². The van der Waals surface area contributed by atoms with Crippen molar-refractivity contribution in [1.29, 1.82) is 0 Å². The summed E-state index contributed by atoms with van der Waals surface area (Å²) in [7, 11) is 0. The van der Waals surface area contributed by atoms with Crippen LogP contribution in [0.25, 0.3) is 6.08 Å². The van der Waals surface area contributed by atoms with Gasteiger partial charge in [-0.15, -0.1) is 0 Å². The molecule has 0 heterocycles. The topological polar surface area (TPSA) is 55.8 Å². The summed E-state index contributed by atoms with van der Waals surface area (Å²) in [5.41, 5.74) is 0.757. The fourth-order valence-electron chi connectivity index (χ4n) is 1.29. The Morgan fingerprint density at radius 3 is 2.56 bits per heavy atom. The highest BCUT2D eigenvalue weighted by molar-refractivity contribution is 9.09. The number of hydrogen-bond acceptors (Lipinski definition) is 3. The molecule has 0 aliphatic carbocycles. The number of benzene rings is 1. The number of alkyl halides is 1. The van der Waals surface area contributed by atoms with E-state index in [-0.39, 0.29) is 5.76 Å². The van der Waals surface area contributed by atoms with Crippen LogP contribution in [0.15, 0.2) is 30.0 Å². The van der Waals surface area contributed by atoms with Crippen LogP contribution in [0.1, 0.15) is 12.5 Å². The number of ether oxygens (including phenoxy) is 2. The second kappa shape index (κ2) is 7.76. The van der Waals surface area contributed by atoms with Gasteiger partial charge in [0.05, 0.1) is 13.2 Å². The van der Waals surface area contributed by atoms with Gasteiger partial charge >= 0.3 is 5.97 Å². The zero-order chi connectivity index (χ0) is 13.4. The van der Waals surface area contributed by atoms with Crippen LogP contribution < -0.4 is 4.74 Å². The molecule has 0 aliphatic heterocycles. The van der Waals surface area contributed by atoms with Gasteiger partial charge in [0.1, 0.15) is 5.75 Å². The van der Waals surface area contributed by atoms with E-state index in [2.05, 4.69) is 15.9 Å². The normalized spacial score (nSPS) is 11.1. The Kier molecular flexibility index (Phi) is 6.28. The molecule has 0 aromatic heterocycles. The number of halogens is 1. The van der Waals surface area contributed by atoms with E-state index in [9.17, 15) is 4.79 Å². The van der Waals surface area contributed by atoms with E-state index >= 15 is 0 Å². The number of carboxylic acids is 1. The first-order chi connectivity index (χ1) is 8.67. The minimum absolute atomic E-state index is 0.0633. The molecule has 0 aliphatic rings. The molecule has 0 saturated carbocycles. The molecule has 1 N–H and O–H groups in total. The van der Waals surface area contributed by atoms with E-state index < -0.39 is 5.97 Å². The average Bonchev–Trinajstić information content (AvgIpc) is 2.37. The van der Waals surface area contributed by atoms with Gasteiger partial charge in [-0.1, -0.05) is 28.1 Å². The molecule has 98 valence electrons. The van der Waals surface area contributed by atoms with Gasteiger partial charge in [-0.2, -0.15) is 0 Å². The Labute approximate surface area is 114 Å². The maximum absolute atomic E-state index is 10.9. The van der Waals surface area contributed by atoms with E-state index in [4.69, 9.17) is 14.6 Å². The van der Waals surface area contributed by atoms with Gasteiger partial charge in [-0.25, -0.2) is 4.79 Å². The number of carboxylic acid groups (broad SMARTS) is 1. The van der Waals surface area contributed by atoms with Crippen LogP contribution in [-0.2, 0) is 9.53 Å². The fraction of sp³-hybridized carbons (Fsp3) is 0.308. The quantitative estimate of drug-likeness (QED) is 0.477. The monoisotopic (exact) mass is 314 g/mol. The summed E-state index contributed by atoms with van der Waals surface area (Å²) in [6.07, 6.45) is 1.49. The summed E-state index contributed by atoms with van der Waals surface area (Å²) in [5.74, 6) is -0.386. The Hall–Kier alpha value is -1.49. The molecule has 1 rings (SSSR count). The molecule has 0 amide bonds. The summed E-state index contributed by atoms with van der Waals surface area (Å²) < 4.78 is 10.4. The van der Waals surface area contributed by atoms with Crippen molar-refractivity contribution in [1.82, 2.24) is 0 Å². The molecule has 4 nitrogen and oxygen atoms in total. The molecular weight excluding hydrogens is 300 g/mol. The van der Waals surface area contributed by atoms with Crippen LogP contribution in [-0.4, -0.2) is 29.6 Å². The van der Waals surface area contributed by atoms with Gasteiger partial charge in [-0.3, -0.25) is 0 Å². The molecule has 0 atom stereocenters.